The van der Waals surface area contributed by atoms with Crippen molar-refractivity contribution in [1.29, 1.82) is 0 Å². The summed E-state index contributed by atoms with van der Waals surface area (Å²) in [7, 11) is 0. The quantitative estimate of drug-likeness (QED) is 0.276. The van der Waals surface area contributed by atoms with E-state index in [0.29, 0.717) is 13.1 Å². The summed E-state index contributed by atoms with van der Waals surface area (Å²) in [4.78, 5) is 30.3. The standard InChI is InChI=1S/C29H29BrN4OS/c30-22-13-11-21(12-14-22)29(35)34-17-15-33(16-18-34)27-26-23-9-5-2-6-10-24(23)36-28(26)32-25(31-27)19-20-7-3-1-4-8-20/h1,3-4,7-8,11-14H,2,5-6,9-10,15-19H2. The lowest BCUT2D eigenvalue weighted by Crippen LogP contribution is -2.49. The molecule has 4 aromatic rings. The third kappa shape index (κ3) is 4.78. The first-order valence-corrected chi connectivity index (χ1v) is 14.4. The van der Waals surface area contributed by atoms with Crippen LogP contribution in [-0.4, -0.2) is 47.0 Å². The molecule has 3 heterocycles. The zero-order valence-corrected chi connectivity index (χ0v) is 22.7. The largest absolute Gasteiger partial charge is 0.352 e. The molecule has 0 atom stereocenters. The highest BCUT2D eigenvalue weighted by Gasteiger charge is 2.27. The minimum absolute atomic E-state index is 0.101. The summed E-state index contributed by atoms with van der Waals surface area (Å²) >= 11 is 5.33. The average Bonchev–Trinajstić information content (AvgIpc) is 3.09. The number of piperazine rings is 1. The minimum atomic E-state index is 0.101. The van der Waals surface area contributed by atoms with Crippen molar-refractivity contribution >= 4 is 49.2 Å². The Hall–Kier alpha value is -2.77. The Labute approximate surface area is 224 Å². The van der Waals surface area contributed by atoms with E-state index in [2.05, 4.69) is 45.1 Å². The van der Waals surface area contributed by atoms with Crippen LogP contribution in [0.25, 0.3) is 10.2 Å². The number of hydrogen-bond donors (Lipinski definition) is 0. The van der Waals surface area contributed by atoms with Crippen LogP contribution in [0.15, 0.2) is 59.1 Å². The van der Waals surface area contributed by atoms with Crippen LogP contribution in [-0.2, 0) is 19.3 Å². The molecule has 0 bridgehead atoms. The Morgan fingerprint density at radius 1 is 0.889 bits per heavy atom. The molecule has 1 amide bonds. The number of rotatable bonds is 4. The number of nitrogens with zero attached hydrogens (tertiary/aromatic N) is 4. The molecule has 7 heteroatoms. The zero-order valence-electron chi connectivity index (χ0n) is 20.3. The van der Waals surface area contributed by atoms with E-state index in [0.717, 1.165) is 58.9 Å². The molecule has 0 radical (unpaired) electrons. The average molecular weight is 562 g/mol. The van der Waals surface area contributed by atoms with E-state index < -0.39 is 0 Å². The predicted octanol–water partition coefficient (Wildman–Crippen LogP) is 6.28. The number of carbonyl (C=O) groups excluding carboxylic acids is 1. The lowest BCUT2D eigenvalue weighted by molar-refractivity contribution is 0.0746. The van der Waals surface area contributed by atoms with Crippen LogP contribution in [0, 0.1) is 0 Å². The topological polar surface area (TPSA) is 49.3 Å². The predicted molar refractivity (Wildman–Crippen MR) is 150 cm³/mol. The van der Waals surface area contributed by atoms with Gasteiger partial charge in [0.15, 0.2) is 0 Å². The second kappa shape index (κ2) is 10.3. The summed E-state index contributed by atoms with van der Waals surface area (Å²) < 4.78 is 0.984. The van der Waals surface area contributed by atoms with E-state index >= 15 is 0 Å². The van der Waals surface area contributed by atoms with E-state index in [4.69, 9.17) is 9.97 Å². The van der Waals surface area contributed by atoms with Gasteiger partial charge in [-0.05, 0) is 61.1 Å². The lowest BCUT2D eigenvalue weighted by Gasteiger charge is -2.36. The van der Waals surface area contributed by atoms with Crippen LogP contribution < -0.4 is 4.90 Å². The number of fused-ring (bicyclic) bond motifs is 3. The van der Waals surface area contributed by atoms with Gasteiger partial charge in [0.05, 0.1) is 5.39 Å². The first kappa shape index (κ1) is 23.6. The van der Waals surface area contributed by atoms with E-state index in [1.807, 2.05) is 46.6 Å². The second-order valence-electron chi connectivity index (χ2n) is 9.66. The van der Waals surface area contributed by atoms with Gasteiger partial charge in [-0.3, -0.25) is 4.79 Å². The SMILES string of the molecule is O=C(c1ccc(Br)cc1)N1CCN(c2nc(Cc3ccccc3)nc3sc4c(c23)CCCCC4)CC1. The van der Waals surface area contributed by atoms with Crippen molar-refractivity contribution in [3.05, 3.63) is 86.5 Å². The summed E-state index contributed by atoms with van der Waals surface area (Å²) in [5.41, 5.74) is 3.44. The Kier molecular flexibility index (Phi) is 6.76. The Morgan fingerprint density at radius 2 is 1.64 bits per heavy atom. The molecule has 184 valence electrons. The highest BCUT2D eigenvalue weighted by atomic mass is 79.9. The van der Waals surface area contributed by atoms with Crippen molar-refractivity contribution in [1.82, 2.24) is 14.9 Å². The van der Waals surface area contributed by atoms with Gasteiger partial charge in [-0.2, -0.15) is 0 Å². The maximum atomic E-state index is 13.1. The molecule has 0 unspecified atom stereocenters. The first-order chi connectivity index (χ1) is 17.7. The van der Waals surface area contributed by atoms with Gasteiger partial charge < -0.3 is 9.80 Å². The minimum Gasteiger partial charge on any atom is -0.352 e. The molecule has 1 saturated heterocycles. The third-order valence-corrected chi connectivity index (χ3v) is 8.97. The van der Waals surface area contributed by atoms with Gasteiger partial charge in [0.1, 0.15) is 16.5 Å². The molecular formula is C29H29BrN4OS. The second-order valence-corrected chi connectivity index (χ2v) is 11.7. The number of aromatic nitrogens is 2. The van der Waals surface area contributed by atoms with Gasteiger partial charge in [-0.25, -0.2) is 9.97 Å². The van der Waals surface area contributed by atoms with Crippen molar-refractivity contribution in [3.8, 4) is 0 Å². The molecule has 6 rings (SSSR count). The van der Waals surface area contributed by atoms with Gasteiger partial charge in [0.2, 0.25) is 0 Å². The molecule has 36 heavy (non-hydrogen) atoms. The molecule has 5 nitrogen and oxygen atoms in total. The van der Waals surface area contributed by atoms with Gasteiger partial charge in [0.25, 0.3) is 5.91 Å². The Balaban J connectivity index is 1.31. The Bertz CT molecular complexity index is 1380. The van der Waals surface area contributed by atoms with Crippen LogP contribution in [0.3, 0.4) is 0 Å². The van der Waals surface area contributed by atoms with Crippen LogP contribution >= 0.6 is 27.3 Å². The van der Waals surface area contributed by atoms with E-state index in [-0.39, 0.29) is 5.91 Å². The molecular weight excluding hydrogens is 532 g/mol. The van der Waals surface area contributed by atoms with Crippen molar-refractivity contribution in [2.75, 3.05) is 31.1 Å². The number of anilines is 1. The summed E-state index contributed by atoms with van der Waals surface area (Å²) in [6, 6.07) is 18.1. The monoisotopic (exact) mass is 560 g/mol. The van der Waals surface area contributed by atoms with Gasteiger partial charge in [-0.15, -0.1) is 11.3 Å². The number of benzene rings is 2. The normalized spacial score (nSPS) is 16.1. The molecule has 0 saturated carbocycles. The molecule has 2 aromatic carbocycles. The maximum Gasteiger partial charge on any atom is 0.253 e. The fourth-order valence-corrected chi connectivity index (χ4v) is 6.88. The van der Waals surface area contributed by atoms with Crippen LogP contribution in [0.1, 0.15) is 51.4 Å². The maximum absolute atomic E-state index is 13.1. The number of thiophene rings is 1. The molecule has 1 aliphatic heterocycles. The Morgan fingerprint density at radius 3 is 2.42 bits per heavy atom. The highest BCUT2D eigenvalue weighted by molar-refractivity contribution is 9.10. The molecule has 2 aliphatic rings. The molecule has 1 aliphatic carbocycles. The van der Waals surface area contributed by atoms with Crippen LogP contribution in [0.2, 0.25) is 0 Å². The smallest absolute Gasteiger partial charge is 0.253 e. The molecule has 2 aromatic heterocycles. The van der Waals surface area contributed by atoms with Crippen LogP contribution in [0.5, 0.6) is 0 Å². The summed E-state index contributed by atoms with van der Waals surface area (Å²) in [6.45, 7) is 2.95. The third-order valence-electron chi connectivity index (χ3n) is 7.25. The fourth-order valence-electron chi connectivity index (χ4n) is 5.34. The number of hydrogen-bond acceptors (Lipinski definition) is 5. The highest BCUT2D eigenvalue weighted by Crippen LogP contribution is 2.39. The van der Waals surface area contributed by atoms with Crippen molar-refractivity contribution in [2.24, 2.45) is 0 Å². The summed E-state index contributed by atoms with van der Waals surface area (Å²) in [6.07, 6.45) is 6.79. The van der Waals surface area contributed by atoms with E-state index in [1.165, 1.54) is 40.7 Å². The van der Waals surface area contributed by atoms with Crippen LogP contribution in [0.4, 0.5) is 5.82 Å². The van der Waals surface area contributed by atoms with E-state index in [9.17, 15) is 4.79 Å². The van der Waals surface area contributed by atoms with E-state index in [1.54, 1.807) is 0 Å². The number of carbonyl (C=O) groups is 1. The zero-order chi connectivity index (χ0) is 24.5. The lowest BCUT2D eigenvalue weighted by atomic mass is 10.1. The number of aryl methyl sites for hydroxylation is 2. The fraction of sp³-hybridized carbons (Fsp3) is 0.345. The first-order valence-electron chi connectivity index (χ1n) is 12.8. The van der Waals surface area contributed by atoms with Gasteiger partial charge >= 0.3 is 0 Å². The molecule has 0 N–H and O–H groups in total. The summed E-state index contributed by atoms with van der Waals surface area (Å²) in [5, 5.41) is 1.27. The van der Waals surface area contributed by atoms with Crippen molar-refractivity contribution in [2.45, 2.75) is 38.5 Å². The van der Waals surface area contributed by atoms with Gasteiger partial charge in [-0.1, -0.05) is 52.7 Å². The molecule has 1 fully saturated rings. The van der Waals surface area contributed by atoms with Crippen molar-refractivity contribution in [3.63, 3.8) is 0 Å². The number of amides is 1. The molecule has 0 spiro atoms. The van der Waals surface area contributed by atoms with Gasteiger partial charge in [0, 0.05) is 47.5 Å². The van der Waals surface area contributed by atoms with Crippen molar-refractivity contribution < 1.29 is 4.79 Å². The number of halogens is 1. The summed E-state index contributed by atoms with van der Waals surface area (Å²) in [5.74, 6) is 2.05.